The normalized spacial score (nSPS) is 23.3. The molecule has 2 saturated heterocycles. The molecule has 0 bridgehead atoms. The van der Waals surface area contributed by atoms with E-state index in [0.717, 1.165) is 30.8 Å². The van der Waals surface area contributed by atoms with E-state index in [-0.39, 0.29) is 17.9 Å². The number of benzene rings is 1. The highest BCUT2D eigenvalue weighted by Gasteiger charge is 2.33. The van der Waals surface area contributed by atoms with Crippen LogP contribution in [0.5, 0.6) is 0 Å². The zero-order chi connectivity index (χ0) is 18.6. The Hall–Kier alpha value is -2.18. The lowest BCUT2D eigenvalue weighted by atomic mass is 9.95. The molecule has 0 spiro atoms. The van der Waals surface area contributed by atoms with Gasteiger partial charge in [-0.15, -0.1) is 10.2 Å². The number of rotatable bonds is 3. The first-order chi connectivity index (χ1) is 13.2. The van der Waals surface area contributed by atoms with Gasteiger partial charge >= 0.3 is 0 Å². The molecule has 142 valence electrons. The molecule has 7 heteroatoms. The largest absolute Gasteiger partial charge is 0.370 e. The number of carbonyl (C=O) groups excluding carboxylic acids is 1. The fraction of sp³-hybridized carbons (Fsp3) is 0.450. The molecule has 0 aliphatic carbocycles. The first-order valence-corrected chi connectivity index (χ1v) is 9.78. The maximum absolute atomic E-state index is 13.1. The Morgan fingerprint density at radius 2 is 1.93 bits per heavy atom. The predicted octanol–water partition coefficient (Wildman–Crippen LogP) is 2.95. The molecule has 0 N–H and O–H groups in total. The van der Waals surface area contributed by atoms with E-state index in [9.17, 15) is 4.79 Å². The summed E-state index contributed by atoms with van der Waals surface area (Å²) in [5.74, 6) is 0.970. The molecule has 27 heavy (non-hydrogen) atoms. The Balaban J connectivity index is 1.41. The molecule has 2 aliphatic rings. The van der Waals surface area contributed by atoms with E-state index in [1.54, 1.807) is 6.07 Å². The topological polar surface area (TPSA) is 58.6 Å². The van der Waals surface area contributed by atoms with E-state index >= 15 is 0 Å². The van der Waals surface area contributed by atoms with Gasteiger partial charge in [0.15, 0.2) is 11.0 Å². The van der Waals surface area contributed by atoms with Gasteiger partial charge in [0.2, 0.25) is 5.91 Å². The molecule has 2 atom stereocenters. The molecule has 0 unspecified atom stereocenters. The van der Waals surface area contributed by atoms with E-state index in [1.165, 1.54) is 0 Å². The molecular weight excluding hydrogens is 364 g/mol. The van der Waals surface area contributed by atoms with E-state index in [0.29, 0.717) is 31.4 Å². The number of amides is 1. The minimum atomic E-state index is -0.0503. The second-order valence-electron chi connectivity index (χ2n) is 7.05. The average Bonchev–Trinajstić information content (AvgIpc) is 2.74. The van der Waals surface area contributed by atoms with Crippen LogP contribution >= 0.6 is 11.6 Å². The van der Waals surface area contributed by atoms with Gasteiger partial charge in [-0.3, -0.25) is 4.79 Å². The second kappa shape index (κ2) is 8.23. The molecule has 3 heterocycles. The van der Waals surface area contributed by atoms with Crippen molar-refractivity contribution in [2.45, 2.75) is 18.9 Å². The van der Waals surface area contributed by atoms with Crippen molar-refractivity contribution in [3.8, 4) is 0 Å². The minimum absolute atomic E-state index is 0.0225. The fourth-order valence-corrected chi connectivity index (χ4v) is 3.94. The third kappa shape index (κ3) is 4.22. The van der Waals surface area contributed by atoms with Gasteiger partial charge in [0, 0.05) is 19.6 Å². The summed E-state index contributed by atoms with van der Waals surface area (Å²) in [5.41, 5.74) is 1.12. The number of nitrogens with zero attached hydrogens (tertiary/aromatic N) is 4. The summed E-state index contributed by atoms with van der Waals surface area (Å²) in [6.45, 7) is 3.39. The summed E-state index contributed by atoms with van der Waals surface area (Å²) in [6.07, 6.45) is 1.82. The van der Waals surface area contributed by atoms with Gasteiger partial charge in [-0.05, 0) is 30.5 Å². The Labute approximate surface area is 164 Å². The summed E-state index contributed by atoms with van der Waals surface area (Å²) in [4.78, 5) is 17.2. The first-order valence-electron chi connectivity index (χ1n) is 9.40. The summed E-state index contributed by atoms with van der Waals surface area (Å²) in [6, 6.07) is 13.7. The SMILES string of the molecule is O=C([C@H]1CCCN(c2ccc(Cl)nn2)C1)N1CCO[C@H](c2ccccc2)C1. The van der Waals surface area contributed by atoms with Crippen LogP contribution in [0, 0.1) is 5.92 Å². The van der Waals surface area contributed by atoms with E-state index in [2.05, 4.69) is 27.2 Å². The van der Waals surface area contributed by atoms with Gasteiger partial charge in [0.05, 0.1) is 19.1 Å². The molecular formula is C20H23ClN4O2. The standard InChI is InChI=1S/C20H23ClN4O2/c21-18-8-9-19(23-22-18)24-10-4-7-16(13-24)20(26)25-11-12-27-17(14-25)15-5-2-1-3-6-15/h1-3,5-6,8-9,16-17H,4,7,10-14H2/t16-,17-/m0/s1. The van der Waals surface area contributed by atoms with Crippen molar-refractivity contribution < 1.29 is 9.53 Å². The number of hydrogen-bond acceptors (Lipinski definition) is 5. The molecule has 0 saturated carbocycles. The molecule has 1 aromatic heterocycles. The summed E-state index contributed by atoms with van der Waals surface area (Å²) in [5, 5.41) is 8.46. The highest BCUT2D eigenvalue weighted by atomic mass is 35.5. The first kappa shape index (κ1) is 18.2. The average molecular weight is 387 g/mol. The van der Waals surface area contributed by atoms with Crippen molar-refractivity contribution in [1.29, 1.82) is 0 Å². The van der Waals surface area contributed by atoms with Crippen LogP contribution in [0.2, 0.25) is 5.15 Å². The Morgan fingerprint density at radius 1 is 1.07 bits per heavy atom. The molecule has 1 aromatic carbocycles. The maximum atomic E-state index is 13.1. The number of halogens is 1. The minimum Gasteiger partial charge on any atom is -0.370 e. The lowest BCUT2D eigenvalue weighted by molar-refractivity contribution is -0.143. The maximum Gasteiger partial charge on any atom is 0.227 e. The molecule has 0 radical (unpaired) electrons. The fourth-order valence-electron chi connectivity index (χ4n) is 3.84. The number of hydrogen-bond donors (Lipinski definition) is 0. The molecule has 1 amide bonds. The van der Waals surface area contributed by atoms with Crippen LogP contribution < -0.4 is 4.90 Å². The number of aromatic nitrogens is 2. The number of piperidine rings is 1. The predicted molar refractivity (Wildman–Crippen MR) is 104 cm³/mol. The lowest BCUT2D eigenvalue weighted by Gasteiger charge is -2.38. The second-order valence-corrected chi connectivity index (χ2v) is 7.44. The Kier molecular flexibility index (Phi) is 5.55. The van der Waals surface area contributed by atoms with Crippen LogP contribution in [0.4, 0.5) is 5.82 Å². The quantitative estimate of drug-likeness (QED) is 0.811. The van der Waals surface area contributed by atoms with Gasteiger partial charge in [-0.2, -0.15) is 0 Å². The van der Waals surface area contributed by atoms with Crippen molar-refractivity contribution >= 4 is 23.3 Å². The van der Waals surface area contributed by atoms with E-state index < -0.39 is 0 Å². The number of carbonyl (C=O) groups is 1. The van der Waals surface area contributed by atoms with E-state index in [4.69, 9.17) is 16.3 Å². The van der Waals surface area contributed by atoms with Crippen LogP contribution in [0.15, 0.2) is 42.5 Å². The summed E-state index contributed by atoms with van der Waals surface area (Å²) in [7, 11) is 0. The monoisotopic (exact) mass is 386 g/mol. The van der Waals surface area contributed by atoms with Crippen LogP contribution in [-0.4, -0.2) is 53.8 Å². The van der Waals surface area contributed by atoms with Crippen molar-refractivity contribution in [2.24, 2.45) is 5.92 Å². The van der Waals surface area contributed by atoms with Gasteiger partial charge in [-0.1, -0.05) is 41.9 Å². The Bertz CT molecular complexity index is 771. The van der Waals surface area contributed by atoms with Crippen LogP contribution in [0.3, 0.4) is 0 Å². The third-order valence-electron chi connectivity index (χ3n) is 5.26. The highest BCUT2D eigenvalue weighted by Crippen LogP contribution is 2.27. The van der Waals surface area contributed by atoms with Crippen LogP contribution in [-0.2, 0) is 9.53 Å². The lowest BCUT2D eigenvalue weighted by Crippen LogP contribution is -2.49. The summed E-state index contributed by atoms with van der Waals surface area (Å²) >= 11 is 5.83. The van der Waals surface area contributed by atoms with E-state index in [1.807, 2.05) is 29.2 Å². The van der Waals surface area contributed by atoms with Crippen LogP contribution in [0.25, 0.3) is 0 Å². The summed E-state index contributed by atoms with van der Waals surface area (Å²) < 4.78 is 5.90. The third-order valence-corrected chi connectivity index (χ3v) is 5.46. The highest BCUT2D eigenvalue weighted by molar-refractivity contribution is 6.29. The molecule has 2 aromatic rings. The van der Waals surface area contributed by atoms with Gasteiger partial charge in [-0.25, -0.2) is 0 Å². The zero-order valence-electron chi connectivity index (χ0n) is 15.1. The van der Waals surface area contributed by atoms with Gasteiger partial charge in [0.25, 0.3) is 0 Å². The van der Waals surface area contributed by atoms with Crippen molar-refractivity contribution in [3.05, 3.63) is 53.2 Å². The van der Waals surface area contributed by atoms with Crippen molar-refractivity contribution in [3.63, 3.8) is 0 Å². The molecule has 4 rings (SSSR count). The Morgan fingerprint density at radius 3 is 2.70 bits per heavy atom. The number of ether oxygens (including phenoxy) is 1. The van der Waals surface area contributed by atoms with Crippen LogP contribution in [0.1, 0.15) is 24.5 Å². The number of morpholine rings is 1. The van der Waals surface area contributed by atoms with Crippen molar-refractivity contribution in [1.82, 2.24) is 15.1 Å². The molecule has 2 aliphatic heterocycles. The smallest absolute Gasteiger partial charge is 0.227 e. The van der Waals surface area contributed by atoms with Crippen molar-refractivity contribution in [2.75, 3.05) is 37.7 Å². The van der Waals surface area contributed by atoms with Gasteiger partial charge < -0.3 is 14.5 Å². The number of anilines is 1. The molecule has 2 fully saturated rings. The zero-order valence-corrected chi connectivity index (χ0v) is 15.9. The molecule has 6 nitrogen and oxygen atoms in total. The van der Waals surface area contributed by atoms with Gasteiger partial charge in [0.1, 0.15) is 6.10 Å².